The number of aliphatic carboxylic acids is 1. The minimum absolute atomic E-state index is 0.136. The topological polar surface area (TPSA) is 57.6 Å². The number of hydrogen-bond acceptors (Lipinski definition) is 2. The number of hydrogen-bond donors (Lipinski definition) is 1. The number of benzene rings is 1. The van der Waals surface area contributed by atoms with E-state index in [1.807, 2.05) is 44.2 Å². The van der Waals surface area contributed by atoms with Gasteiger partial charge in [0.05, 0.1) is 11.3 Å². The molecule has 0 aromatic heterocycles. The predicted molar refractivity (Wildman–Crippen MR) is 78.5 cm³/mol. The molecule has 1 aromatic rings. The van der Waals surface area contributed by atoms with Crippen molar-refractivity contribution >= 4 is 11.9 Å². The van der Waals surface area contributed by atoms with Gasteiger partial charge < -0.3 is 10.0 Å². The zero-order valence-corrected chi connectivity index (χ0v) is 12.6. The molecule has 0 aliphatic rings. The summed E-state index contributed by atoms with van der Waals surface area (Å²) in [4.78, 5) is 26.0. The Kier molecular flexibility index (Phi) is 5.31. The van der Waals surface area contributed by atoms with Crippen LogP contribution in [0.25, 0.3) is 0 Å². The number of likely N-dealkylation sites (N-methyl/N-ethyl adjacent to an activating group) is 1. The summed E-state index contributed by atoms with van der Waals surface area (Å²) in [6.07, 6.45) is 0. The van der Waals surface area contributed by atoms with E-state index in [1.54, 1.807) is 18.7 Å². The largest absolute Gasteiger partial charge is 0.481 e. The zero-order chi connectivity index (χ0) is 15.3. The van der Waals surface area contributed by atoms with Crippen LogP contribution in [0.5, 0.6) is 0 Å². The van der Waals surface area contributed by atoms with Crippen LogP contribution < -0.4 is 0 Å². The molecule has 2 unspecified atom stereocenters. The zero-order valence-electron chi connectivity index (χ0n) is 12.6. The number of carbonyl (C=O) groups excluding carboxylic acids is 1. The summed E-state index contributed by atoms with van der Waals surface area (Å²) >= 11 is 0. The highest BCUT2D eigenvalue weighted by Crippen LogP contribution is 2.34. The average molecular weight is 277 g/mol. The lowest BCUT2D eigenvalue weighted by molar-refractivity contribution is -0.151. The van der Waals surface area contributed by atoms with Crippen LogP contribution in [0, 0.1) is 5.92 Å². The SMILES string of the molecule is CCN(CC)C(=O)C(C)(c1ccccc1)C(C)C(=O)O. The maximum absolute atomic E-state index is 12.8. The van der Waals surface area contributed by atoms with Gasteiger partial charge in [-0.3, -0.25) is 9.59 Å². The second kappa shape index (κ2) is 6.55. The molecular weight excluding hydrogens is 254 g/mol. The summed E-state index contributed by atoms with van der Waals surface area (Å²) < 4.78 is 0. The van der Waals surface area contributed by atoms with Crippen LogP contribution in [0.3, 0.4) is 0 Å². The fraction of sp³-hybridized carbons (Fsp3) is 0.500. The molecule has 1 amide bonds. The highest BCUT2D eigenvalue weighted by Gasteiger charge is 2.45. The molecule has 1 aromatic carbocycles. The predicted octanol–water partition coefficient (Wildman–Crippen LogP) is 2.53. The molecule has 0 heterocycles. The smallest absolute Gasteiger partial charge is 0.307 e. The molecule has 0 saturated carbocycles. The number of carboxylic acids is 1. The van der Waals surface area contributed by atoms with Crippen molar-refractivity contribution in [1.29, 1.82) is 0 Å². The van der Waals surface area contributed by atoms with Crippen LogP contribution in [0.15, 0.2) is 30.3 Å². The van der Waals surface area contributed by atoms with E-state index in [9.17, 15) is 14.7 Å². The molecule has 0 fully saturated rings. The second-order valence-electron chi connectivity index (χ2n) is 5.11. The molecule has 4 nitrogen and oxygen atoms in total. The summed E-state index contributed by atoms with van der Waals surface area (Å²) in [5.41, 5.74) is -0.314. The molecule has 0 saturated heterocycles. The minimum Gasteiger partial charge on any atom is -0.481 e. The second-order valence-corrected chi connectivity index (χ2v) is 5.11. The summed E-state index contributed by atoms with van der Waals surface area (Å²) in [5.74, 6) is -1.89. The first-order valence-electron chi connectivity index (χ1n) is 6.97. The number of carbonyl (C=O) groups is 2. The maximum Gasteiger partial charge on any atom is 0.307 e. The van der Waals surface area contributed by atoms with Crippen LogP contribution in [-0.4, -0.2) is 35.0 Å². The third-order valence-electron chi connectivity index (χ3n) is 4.10. The molecule has 0 aliphatic heterocycles. The van der Waals surface area contributed by atoms with Gasteiger partial charge >= 0.3 is 5.97 Å². The van der Waals surface area contributed by atoms with Gasteiger partial charge in [-0.1, -0.05) is 37.3 Å². The van der Waals surface area contributed by atoms with Gasteiger partial charge in [0.1, 0.15) is 0 Å². The van der Waals surface area contributed by atoms with E-state index in [0.717, 1.165) is 5.56 Å². The molecule has 110 valence electrons. The third kappa shape index (κ3) is 2.84. The van der Waals surface area contributed by atoms with Gasteiger partial charge in [0.2, 0.25) is 5.91 Å². The van der Waals surface area contributed by atoms with Gasteiger partial charge in [-0.2, -0.15) is 0 Å². The standard InChI is InChI=1S/C16H23NO3/c1-5-17(6-2)15(20)16(4,12(3)14(18)19)13-10-8-7-9-11-13/h7-12H,5-6H2,1-4H3,(H,18,19). The van der Waals surface area contributed by atoms with Crippen molar-refractivity contribution in [3.63, 3.8) is 0 Å². The first-order valence-corrected chi connectivity index (χ1v) is 6.97. The molecule has 0 bridgehead atoms. The van der Waals surface area contributed by atoms with E-state index in [4.69, 9.17) is 0 Å². The first kappa shape index (κ1) is 16.2. The summed E-state index contributed by atoms with van der Waals surface area (Å²) in [6, 6.07) is 9.16. The van der Waals surface area contributed by atoms with Crippen LogP contribution in [0.1, 0.15) is 33.3 Å². The molecular formula is C16H23NO3. The number of amides is 1. The number of nitrogens with zero attached hydrogens (tertiary/aromatic N) is 1. The molecule has 0 radical (unpaired) electrons. The van der Waals surface area contributed by atoms with Gasteiger partial charge in [-0.15, -0.1) is 0 Å². The van der Waals surface area contributed by atoms with E-state index in [2.05, 4.69) is 0 Å². The van der Waals surface area contributed by atoms with Crippen LogP contribution >= 0.6 is 0 Å². The minimum atomic E-state index is -1.06. The van der Waals surface area contributed by atoms with E-state index >= 15 is 0 Å². The monoisotopic (exact) mass is 277 g/mol. The van der Waals surface area contributed by atoms with E-state index < -0.39 is 17.3 Å². The average Bonchev–Trinajstić information content (AvgIpc) is 2.47. The van der Waals surface area contributed by atoms with Gasteiger partial charge in [0, 0.05) is 13.1 Å². The molecule has 1 rings (SSSR count). The Morgan fingerprint density at radius 3 is 2.10 bits per heavy atom. The van der Waals surface area contributed by atoms with Crippen molar-refractivity contribution in [2.75, 3.05) is 13.1 Å². The van der Waals surface area contributed by atoms with Crippen molar-refractivity contribution in [2.45, 2.75) is 33.1 Å². The van der Waals surface area contributed by atoms with Crippen LogP contribution in [0.2, 0.25) is 0 Å². The Labute approximate surface area is 120 Å². The quantitative estimate of drug-likeness (QED) is 0.869. The van der Waals surface area contributed by atoms with Crippen LogP contribution in [-0.2, 0) is 15.0 Å². The molecule has 0 aliphatic carbocycles. The summed E-state index contributed by atoms with van der Waals surface area (Å²) in [5, 5.41) is 9.38. The van der Waals surface area contributed by atoms with Gasteiger partial charge in [-0.05, 0) is 26.3 Å². The third-order valence-corrected chi connectivity index (χ3v) is 4.10. The number of carboxylic acid groups (broad SMARTS) is 1. The van der Waals surface area contributed by atoms with Crippen molar-refractivity contribution in [1.82, 2.24) is 4.90 Å². The Morgan fingerprint density at radius 2 is 1.70 bits per heavy atom. The summed E-state index contributed by atoms with van der Waals surface area (Å²) in [6.45, 7) is 8.27. The molecule has 4 heteroatoms. The highest BCUT2D eigenvalue weighted by molar-refractivity contribution is 5.93. The Hall–Kier alpha value is -1.84. The van der Waals surface area contributed by atoms with Crippen molar-refractivity contribution in [3.05, 3.63) is 35.9 Å². The van der Waals surface area contributed by atoms with Gasteiger partial charge in [-0.25, -0.2) is 0 Å². The lowest BCUT2D eigenvalue weighted by Crippen LogP contribution is -2.50. The number of rotatable bonds is 6. The Morgan fingerprint density at radius 1 is 1.20 bits per heavy atom. The van der Waals surface area contributed by atoms with E-state index in [1.165, 1.54) is 0 Å². The van der Waals surface area contributed by atoms with Crippen molar-refractivity contribution < 1.29 is 14.7 Å². The molecule has 0 spiro atoms. The van der Waals surface area contributed by atoms with Gasteiger partial charge in [0.25, 0.3) is 0 Å². The maximum atomic E-state index is 12.8. The lowest BCUT2D eigenvalue weighted by atomic mass is 9.71. The van der Waals surface area contributed by atoms with E-state index in [-0.39, 0.29) is 5.91 Å². The fourth-order valence-corrected chi connectivity index (χ4v) is 2.43. The Bertz CT molecular complexity index is 468. The highest BCUT2D eigenvalue weighted by atomic mass is 16.4. The normalized spacial score (nSPS) is 15.2. The van der Waals surface area contributed by atoms with Gasteiger partial charge in [0.15, 0.2) is 0 Å². The molecule has 1 N–H and O–H groups in total. The van der Waals surface area contributed by atoms with Crippen LogP contribution in [0.4, 0.5) is 0 Å². The fourth-order valence-electron chi connectivity index (χ4n) is 2.43. The lowest BCUT2D eigenvalue weighted by Gasteiger charge is -2.36. The van der Waals surface area contributed by atoms with Crippen molar-refractivity contribution in [3.8, 4) is 0 Å². The van der Waals surface area contributed by atoms with Crippen molar-refractivity contribution in [2.24, 2.45) is 5.92 Å². The Balaban J connectivity index is 3.35. The molecule has 20 heavy (non-hydrogen) atoms. The summed E-state index contributed by atoms with van der Waals surface area (Å²) in [7, 11) is 0. The molecule has 2 atom stereocenters. The first-order chi connectivity index (χ1) is 9.39. The van der Waals surface area contributed by atoms with E-state index in [0.29, 0.717) is 13.1 Å².